The summed E-state index contributed by atoms with van der Waals surface area (Å²) >= 11 is 0. The Hall–Kier alpha value is -3.22. The Balaban J connectivity index is 2.56. The number of hydrogen-bond acceptors (Lipinski definition) is 5. The van der Waals surface area contributed by atoms with E-state index in [1.807, 2.05) is 12.1 Å². The summed E-state index contributed by atoms with van der Waals surface area (Å²) in [5.74, 6) is -0.685. The summed E-state index contributed by atoms with van der Waals surface area (Å²) in [7, 11) is 0. The van der Waals surface area contributed by atoms with E-state index in [0.717, 1.165) is 11.5 Å². The van der Waals surface area contributed by atoms with Gasteiger partial charge in [-0.2, -0.15) is 0 Å². The predicted octanol–water partition coefficient (Wildman–Crippen LogP) is 3.52. The third kappa shape index (κ3) is 1.83. The quantitative estimate of drug-likeness (QED) is 0.440. The van der Waals surface area contributed by atoms with Crippen LogP contribution in [0.15, 0.2) is 42.5 Å². The second kappa shape index (κ2) is 4.41. The first-order valence-electron chi connectivity index (χ1n) is 5.97. The molecule has 104 valence electrons. The molecule has 0 fully saturated rings. The van der Waals surface area contributed by atoms with E-state index >= 15 is 0 Å². The number of nitrogens with zero attached hydrogens (tertiary/aromatic N) is 2. The molecule has 0 spiro atoms. The normalized spacial score (nSPS) is 10.9. The van der Waals surface area contributed by atoms with Gasteiger partial charge in [-0.15, -0.1) is 0 Å². The fourth-order valence-electron chi connectivity index (χ4n) is 2.43. The van der Waals surface area contributed by atoms with Gasteiger partial charge in [0.25, 0.3) is 0 Å². The van der Waals surface area contributed by atoms with Crippen molar-refractivity contribution in [2.24, 2.45) is 0 Å². The fraction of sp³-hybridized carbons (Fsp3) is 0. The van der Waals surface area contributed by atoms with Crippen LogP contribution in [0.2, 0.25) is 0 Å². The largest absolute Gasteiger partial charge is 0.501 e. The average molecular weight is 284 g/mol. The first-order chi connectivity index (χ1) is 10.0. The Morgan fingerprint density at radius 1 is 0.857 bits per heavy atom. The summed E-state index contributed by atoms with van der Waals surface area (Å²) in [5, 5.41) is 34.2. The third-order valence-electron chi connectivity index (χ3n) is 3.35. The van der Waals surface area contributed by atoms with Crippen LogP contribution in [0.5, 0.6) is 5.75 Å². The van der Waals surface area contributed by atoms with Gasteiger partial charge in [0.15, 0.2) is 0 Å². The van der Waals surface area contributed by atoms with Crippen molar-refractivity contribution in [1.29, 1.82) is 0 Å². The van der Waals surface area contributed by atoms with Gasteiger partial charge < -0.3 is 5.11 Å². The van der Waals surface area contributed by atoms with Gasteiger partial charge in [-0.05, 0) is 16.8 Å². The molecule has 0 radical (unpaired) electrons. The lowest BCUT2D eigenvalue weighted by Crippen LogP contribution is -1.97. The maximum atomic E-state index is 11.0. The molecular formula is C14H8N2O5. The van der Waals surface area contributed by atoms with E-state index in [9.17, 15) is 25.3 Å². The molecule has 7 heteroatoms. The highest BCUT2D eigenvalue weighted by Gasteiger charge is 2.31. The van der Waals surface area contributed by atoms with Crippen LogP contribution in [0.1, 0.15) is 0 Å². The van der Waals surface area contributed by atoms with Crippen molar-refractivity contribution in [3.63, 3.8) is 0 Å². The molecule has 0 amide bonds. The average Bonchev–Trinajstić information content (AvgIpc) is 2.46. The molecule has 0 saturated carbocycles. The number of aromatic hydroxyl groups is 1. The Morgan fingerprint density at radius 3 is 2.24 bits per heavy atom. The first-order valence-corrected chi connectivity index (χ1v) is 5.97. The lowest BCUT2D eigenvalue weighted by Gasteiger charge is -2.06. The van der Waals surface area contributed by atoms with E-state index in [2.05, 4.69) is 0 Å². The number of rotatable bonds is 2. The number of hydrogen-bond donors (Lipinski definition) is 1. The maximum absolute atomic E-state index is 11.0. The van der Waals surface area contributed by atoms with Crippen molar-refractivity contribution in [3.8, 4) is 5.75 Å². The van der Waals surface area contributed by atoms with Crippen molar-refractivity contribution in [1.82, 2.24) is 0 Å². The Bertz CT molecular complexity index is 920. The van der Waals surface area contributed by atoms with Gasteiger partial charge in [0.1, 0.15) is 0 Å². The van der Waals surface area contributed by atoms with Crippen molar-refractivity contribution >= 4 is 32.9 Å². The topological polar surface area (TPSA) is 107 Å². The van der Waals surface area contributed by atoms with Crippen LogP contribution in [0, 0.1) is 20.2 Å². The van der Waals surface area contributed by atoms with Gasteiger partial charge in [0.05, 0.1) is 9.85 Å². The van der Waals surface area contributed by atoms with E-state index in [1.165, 1.54) is 6.07 Å². The highest BCUT2D eigenvalue weighted by Crippen LogP contribution is 2.43. The molecule has 1 N–H and O–H groups in total. The van der Waals surface area contributed by atoms with E-state index in [1.54, 1.807) is 18.2 Å². The number of fused-ring (bicyclic) bond motifs is 3. The molecule has 0 bridgehead atoms. The zero-order valence-corrected chi connectivity index (χ0v) is 10.5. The molecule has 0 aliphatic heterocycles. The minimum Gasteiger partial charge on any atom is -0.501 e. The number of benzene rings is 3. The first kappa shape index (κ1) is 12.8. The minimum absolute atomic E-state index is 0.214. The zero-order valence-electron chi connectivity index (χ0n) is 10.5. The zero-order chi connectivity index (χ0) is 15.1. The lowest BCUT2D eigenvalue weighted by molar-refractivity contribution is -0.422. The van der Waals surface area contributed by atoms with E-state index in [4.69, 9.17) is 0 Å². The van der Waals surface area contributed by atoms with Gasteiger partial charge in [0.2, 0.25) is 5.75 Å². The van der Waals surface area contributed by atoms with Crippen LogP contribution in [-0.4, -0.2) is 15.0 Å². The molecular weight excluding hydrogens is 276 g/mol. The molecule has 0 unspecified atom stereocenters. The maximum Gasteiger partial charge on any atom is 0.387 e. The van der Waals surface area contributed by atoms with Crippen LogP contribution >= 0.6 is 0 Å². The summed E-state index contributed by atoms with van der Waals surface area (Å²) in [4.78, 5) is 20.2. The van der Waals surface area contributed by atoms with Gasteiger partial charge >= 0.3 is 11.4 Å². The van der Waals surface area contributed by atoms with Gasteiger partial charge in [-0.3, -0.25) is 20.2 Å². The molecule has 7 nitrogen and oxygen atoms in total. The molecule has 3 aromatic carbocycles. The number of phenolic OH excluding ortho intramolecular Hbond substituents is 1. The highest BCUT2D eigenvalue weighted by atomic mass is 16.6. The second-order valence-electron chi connectivity index (χ2n) is 4.49. The second-order valence-corrected chi connectivity index (χ2v) is 4.49. The van der Waals surface area contributed by atoms with E-state index in [-0.39, 0.29) is 5.39 Å². The van der Waals surface area contributed by atoms with Crippen LogP contribution in [0.25, 0.3) is 21.5 Å². The highest BCUT2D eigenvalue weighted by molar-refractivity contribution is 6.11. The lowest BCUT2D eigenvalue weighted by atomic mass is 10.00. The summed E-state index contributed by atoms with van der Waals surface area (Å²) < 4.78 is 0. The van der Waals surface area contributed by atoms with Crippen molar-refractivity contribution in [2.45, 2.75) is 0 Å². The third-order valence-corrected chi connectivity index (χ3v) is 3.35. The Morgan fingerprint density at radius 2 is 1.57 bits per heavy atom. The molecule has 0 aliphatic rings. The molecule has 21 heavy (non-hydrogen) atoms. The molecule has 3 aromatic rings. The van der Waals surface area contributed by atoms with Crippen molar-refractivity contribution in [3.05, 3.63) is 62.7 Å². The number of nitro groups is 2. The molecule has 0 saturated heterocycles. The predicted molar refractivity (Wildman–Crippen MR) is 76.4 cm³/mol. The van der Waals surface area contributed by atoms with Crippen LogP contribution in [-0.2, 0) is 0 Å². The molecule has 0 aromatic heterocycles. The van der Waals surface area contributed by atoms with Gasteiger partial charge in [-0.25, -0.2) is 0 Å². The van der Waals surface area contributed by atoms with E-state index < -0.39 is 27.0 Å². The van der Waals surface area contributed by atoms with E-state index in [0.29, 0.717) is 10.8 Å². The standard InChI is InChI=1S/C14H8N2O5/c17-14-10-6-5-8-3-1-2-4-9(8)11(10)7-12(15(18)19)13(14)16(20)21/h1-7,17H. The molecule has 0 atom stereocenters. The number of phenols is 1. The summed E-state index contributed by atoms with van der Waals surface area (Å²) in [6.45, 7) is 0. The van der Waals surface area contributed by atoms with Crippen LogP contribution in [0.4, 0.5) is 11.4 Å². The van der Waals surface area contributed by atoms with Crippen LogP contribution in [0.3, 0.4) is 0 Å². The minimum atomic E-state index is -0.942. The van der Waals surface area contributed by atoms with Crippen LogP contribution < -0.4 is 0 Å². The van der Waals surface area contributed by atoms with Gasteiger partial charge in [0, 0.05) is 16.8 Å². The molecule has 3 rings (SSSR count). The smallest absolute Gasteiger partial charge is 0.387 e. The van der Waals surface area contributed by atoms with Crippen molar-refractivity contribution < 1.29 is 15.0 Å². The SMILES string of the molecule is O=[N+]([O-])c1cc2c(ccc3ccccc32)c(O)c1[N+](=O)[O-]. The Labute approximate surface area is 117 Å². The molecule has 0 heterocycles. The number of nitro benzene ring substituents is 2. The monoisotopic (exact) mass is 284 g/mol. The fourth-order valence-corrected chi connectivity index (χ4v) is 2.43. The summed E-state index contributed by atoms with van der Waals surface area (Å²) in [6.07, 6.45) is 0. The summed E-state index contributed by atoms with van der Waals surface area (Å²) in [6, 6.07) is 11.5. The van der Waals surface area contributed by atoms with Gasteiger partial charge in [-0.1, -0.05) is 30.3 Å². The Kier molecular flexibility index (Phi) is 2.69. The summed E-state index contributed by atoms with van der Waals surface area (Å²) in [5.41, 5.74) is -1.61. The molecule has 0 aliphatic carbocycles. The van der Waals surface area contributed by atoms with Crippen molar-refractivity contribution in [2.75, 3.05) is 0 Å².